The van der Waals surface area contributed by atoms with Crippen molar-refractivity contribution in [2.75, 3.05) is 6.54 Å². The Kier molecular flexibility index (Phi) is 7.37. The molecule has 0 fully saturated rings. The van der Waals surface area contributed by atoms with Gasteiger partial charge in [-0.15, -0.1) is 0 Å². The molecular formula is C13H25N3S. The van der Waals surface area contributed by atoms with Crippen LogP contribution in [-0.4, -0.2) is 27.8 Å². The van der Waals surface area contributed by atoms with Crippen molar-refractivity contribution in [1.82, 2.24) is 15.3 Å². The number of H-pyrrole nitrogens is 1. The molecule has 0 saturated heterocycles. The number of aromatic amines is 1. The van der Waals surface area contributed by atoms with E-state index in [9.17, 15) is 0 Å². The third-order valence-electron chi connectivity index (χ3n) is 2.84. The van der Waals surface area contributed by atoms with Crippen molar-refractivity contribution in [3.8, 4) is 0 Å². The normalized spacial score (nSPS) is 14.8. The van der Waals surface area contributed by atoms with Gasteiger partial charge in [0.05, 0.1) is 0 Å². The molecular weight excluding hydrogens is 230 g/mol. The van der Waals surface area contributed by atoms with E-state index >= 15 is 0 Å². The Morgan fingerprint density at radius 1 is 1.35 bits per heavy atom. The van der Waals surface area contributed by atoms with Crippen LogP contribution < -0.4 is 5.32 Å². The summed E-state index contributed by atoms with van der Waals surface area (Å²) < 4.78 is 0. The molecule has 2 atom stereocenters. The van der Waals surface area contributed by atoms with Crippen LogP contribution in [0.5, 0.6) is 0 Å². The topological polar surface area (TPSA) is 40.7 Å². The molecule has 4 heteroatoms. The molecule has 0 aliphatic carbocycles. The summed E-state index contributed by atoms with van der Waals surface area (Å²) in [5.74, 6) is 0. The summed E-state index contributed by atoms with van der Waals surface area (Å²) in [4.78, 5) is 7.49. The van der Waals surface area contributed by atoms with Crippen LogP contribution in [0.1, 0.15) is 46.5 Å². The van der Waals surface area contributed by atoms with Gasteiger partial charge in [-0.1, -0.05) is 39.0 Å². The minimum atomic E-state index is 0.597. The summed E-state index contributed by atoms with van der Waals surface area (Å²) in [6.45, 7) is 7.85. The number of hydrogen-bond donors (Lipinski definition) is 2. The van der Waals surface area contributed by atoms with Gasteiger partial charge < -0.3 is 10.3 Å². The Balaban J connectivity index is 2.53. The summed E-state index contributed by atoms with van der Waals surface area (Å²) in [5, 5.41) is 5.31. The van der Waals surface area contributed by atoms with E-state index in [2.05, 4.69) is 36.1 Å². The van der Waals surface area contributed by atoms with Crippen molar-refractivity contribution in [2.45, 2.75) is 62.9 Å². The molecule has 0 aliphatic rings. The van der Waals surface area contributed by atoms with Gasteiger partial charge >= 0.3 is 0 Å². The molecule has 0 aliphatic heterocycles. The summed E-state index contributed by atoms with van der Waals surface area (Å²) in [6.07, 6.45) is 8.56. The fourth-order valence-electron chi connectivity index (χ4n) is 1.97. The number of nitrogens with one attached hydrogen (secondary N) is 2. The summed E-state index contributed by atoms with van der Waals surface area (Å²) in [6, 6.07) is 0.597. The Morgan fingerprint density at radius 2 is 2.18 bits per heavy atom. The van der Waals surface area contributed by atoms with Crippen molar-refractivity contribution >= 4 is 11.8 Å². The highest BCUT2D eigenvalue weighted by Gasteiger charge is 2.20. The molecule has 98 valence electrons. The second-order valence-corrected chi connectivity index (χ2v) is 5.54. The van der Waals surface area contributed by atoms with Gasteiger partial charge in [-0.2, -0.15) is 0 Å². The second-order valence-electron chi connectivity index (χ2n) is 4.31. The molecule has 17 heavy (non-hydrogen) atoms. The minimum Gasteiger partial charge on any atom is -0.340 e. The smallest absolute Gasteiger partial charge is 0.165 e. The average molecular weight is 255 g/mol. The number of thioether (sulfide) groups is 1. The Hall–Kier alpha value is -0.480. The molecule has 1 rings (SSSR count). The lowest BCUT2D eigenvalue weighted by molar-refractivity contribution is 0.454. The van der Waals surface area contributed by atoms with Crippen LogP contribution in [0.2, 0.25) is 0 Å². The van der Waals surface area contributed by atoms with Gasteiger partial charge in [0.1, 0.15) is 0 Å². The average Bonchev–Trinajstić information content (AvgIpc) is 2.84. The number of hydrogen-bond acceptors (Lipinski definition) is 3. The second kappa shape index (κ2) is 8.59. The molecule has 0 radical (unpaired) electrons. The maximum Gasteiger partial charge on any atom is 0.165 e. The fourth-order valence-corrected chi connectivity index (χ4v) is 3.08. The minimum absolute atomic E-state index is 0.597. The van der Waals surface area contributed by atoms with Crippen molar-refractivity contribution in [3.63, 3.8) is 0 Å². The van der Waals surface area contributed by atoms with Crippen molar-refractivity contribution in [1.29, 1.82) is 0 Å². The molecule has 3 nitrogen and oxygen atoms in total. The SMILES string of the molecule is CCCNC(CCC)C(CC)Sc1ncc[nH]1. The lowest BCUT2D eigenvalue weighted by Gasteiger charge is -2.26. The van der Waals surface area contributed by atoms with Gasteiger partial charge in [-0.25, -0.2) is 4.98 Å². The predicted molar refractivity (Wildman–Crippen MR) is 75.5 cm³/mol. The number of nitrogens with zero attached hydrogens (tertiary/aromatic N) is 1. The van der Waals surface area contributed by atoms with E-state index in [4.69, 9.17) is 0 Å². The van der Waals surface area contributed by atoms with E-state index in [0.717, 1.165) is 11.7 Å². The van der Waals surface area contributed by atoms with Crippen LogP contribution in [0.25, 0.3) is 0 Å². The molecule has 1 heterocycles. The van der Waals surface area contributed by atoms with Gasteiger partial charge in [0, 0.05) is 23.7 Å². The van der Waals surface area contributed by atoms with E-state index in [1.807, 2.05) is 24.2 Å². The van der Waals surface area contributed by atoms with E-state index in [1.165, 1.54) is 25.7 Å². The lowest BCUT2D eigenvalue weighted by Crippen LogP contribution is -2.38. The molecule has 1 aromatic rings. The highest BCUT2D eigenvalue weighted by atomic mass is 32.2. The Bertz CT molecular complexity index is 274. The molecule has 0 amide bonds. The van der Waals surface area contributed by atoms with Gasteiger partial charge in [0.15, 0.2) is 5.16 Å². The molecule has 0 bridgehead atoms. The maximum atomic E-state index is 4.31. The number of rotatable bonds is 9. The van der Waals surface area contributed by atoms with E-state index in [0.29, 0.717) is 11.3 Å². The van der Waals surface area contributed by atoms with E-state index < -0.39 is 0 Å². The zero-order valence-corrected chi connectivity index (χ0v) is 12.0. The Morgan fingerprint density at radius 3 is 2.71 bits per heavy atom. The standard InChI is InChI=1S/C13H25N3S/c1-4-7-11(14-8-5-2)12(6-3)17-13-15-9-10-16-13/h9-12,14H,4-8H2,1-3H3,(H,15,16). The monoisotopic (exact) mass is 255 g/mol. The first-order valence-corrected chi connectivity index (χ1v) is 7.59. The first-order valence-electron chi connectivity index (χ1n) is 6.71. The van der Waals surface area contributed by atoms with Crippen LogP contribution in [0.4, 0.5) is 0 Å². The molecule has 0 aromatic carbocycles. The highest BCUT2D eigenvalue weighted by Crippen LogP contribution is 2.26. The zero-order valence-electron chi connectivity index (χ0n) is 11.2. The lowest BCUT2D eigenvalue weighted by atomic mass is 10.1. The first kappa shape index (κ1) is 14.6. The van der Waals surface area contributed by atoms with E-state index in [-0.39, 0.29) is 0 Å². The first-order chi connectivity index (χ1) is 8.31. The molecule has 1 aromatic heterocycles. The summed E-state index contributed by atoms with van der Waals surface area (Å²) in [7, 11) is 0. The number of imidazole rings is 1. The van der Waals surface area contributed by atoms with Crippen molar-refractivity contribution < 1.29 is 0 Å². The highest BCUT2D eigenvalue weighted by molar-refractivity contribution is 7.99. The predicted octanol–water partition coefficient (Wildman–Crippen LogP) is 3.45. The van der Waals surface area contributed by atoms with Crippen LogP contribution in [0, 0.1) is 0 Å². The molecule has 0 spiro atoms. The van der Waals surface area contributed by atoms with Crippen LogP contribution in [0.15, 0.2) is 17.6 Å². The third-order valence-corrected chi connectivity index (χ3v) is 4.25. The van der Waals surface area contributed by atoms with Crippen LogP contribution in [0.3, 0.4) is 0 Å². The van der Waals surface area contributed by atoms with Gasteiger partial charge in [-0.05, 0) is 25.8 Å². The fraction of sp³-hybridized carbons (Fsp3) is 0.769. The van der Waals surface area contributed by atoms with E-state index in [1.54, 1.807) is 0 Å². The molecule has 2 N–H and O–H groups in total. The quantitative estimate of drug-likeness (QED) is 0.664. The summed E-state index contributed by atoms with van der Waals surface area (Å²) in [5.41, 5.74) is 0. The largest absolute Gasteiger partial charge is 0.340 e. The molecule has 2 unspecified atom stereocenters. The van der Waals surface area contributed by atoms with Crippen LogP contribution >= 0.6 is 11.8 Å². The maximum absolute atomic E-state index is 4.31. The zero-order chi connectivity index (χ0) is 12.5. The van der Waals surface area contributed by atoms with Gasteiger partial charge in [0.25, 0.3) is 0 Å². The third kappa shape index (κ3) is 5.13. The van der Waals surface area contributed by atoms with Gasteiger partial charge in [0.2, 0.25) is 0 Å². The van der Waals surface area contributed by atoms with Crippen molar-refractivity contribution in [2.24, 2.45) is 0 Å². The van der Waals surface area contributed by atoms with Crippen LogP contribution in [-0.2, 0) is 0 Å². The number of aromatic nitrogens is 2. The summed E-state index contributed by atoms with van der Waals surface area (Å²) >= 11 is 1.86. The molecule has 0 saturated carbocycles. The Labute approximate surface area is 109 Å². The van der Waals surface area contributed by atoms with Crippen molar-refractivity contribution in [3.05, 3.63) is 12.4 Å². The van der Waals surface area contributed by atoms with Gasteiger partial charge in [-0.3, -0.25) is 0 Å².